The van der Waals surface area contributed by atoms with Gasteiger partial charge in [-0.2, -0.15) is 0 Å². The highest BCUT2D eigenvalue weighted by Gasteiger charge is 2.75. The number of fused-ring (bicyclic) bond motifs is 3. The number of para-hydroxylation sites is 1. The molecule has 2 saturated heterocycles. The van der Waals surface area contributed by atoms with Crippen LogP contribution in [0, 0.1) is 11.8 Å². The number of ether oxygens (including phenoxy) is 2. The molecular weight excluding hydrogens is 526 g/mol. The minimum absolute atomic E-state index is 0.121. The summed E-state index contributed by atoms with van der Waals surface area (Å²) in [6.07, 6.45) is 11.6. The molecule has 2 fully saturated rings. The first kappa shape index (κ1) is 27.6. The van der Waals surface area contributed by atoms with E-state index in [-0.39, 0.29) is 31.7 Å². The summed E-state index contributed by atoms with van der Waals surface area (Å²) in [5.41, 5.74) is -0.830. The molecule has 218 valence electrons. The second kappa shape index (κ2) is 11.0. The number of aliphatic hydroxyl groups is 1. The molecule has 0 bridgehead atoms. The van der Waals surface area contributed by atoms with Crippen LogP contribution in [0.15, 0.2) is 48.6 Å². The van der Waals surface area contributed by atoms with Crippen molar-refractivity contribution in [1.82, 2.24) is 24.8 Å². The lowest BCUT2D eigenvalue weighted by Gasteiger charge is -2.38. The van der Waals surface area contributed by atoms with Crippen molar-refractivity contribution in [1.29, 1.82) is 0 Å². The van der Waals surface area contributed by atoms with Crippen LogP contribution in [0.5, 0.6) is 0 Å². The summed E-state index contributed by atoms with van der Waals surface area (Å²) in [6.45, 7) is 3.11. The maximum Gasteiger partial charge on any atom is 0.313 e. The van der Waals surface area contributed by atoms with Gasteiger partial charge in [0.1, 0.15) is 35.3 Å². The highest BCUT2D eigenvalue weighted by Crippen LogP contribution is 2.58. The van der Waals surface area contributed by atoms with Gasteiger partial charge in [0.25, 0.3) is 5.91 Å². The van der Waals surface area contributed by atoms with Gasteiger partial charge in [0.2, 0.25) is 5.91 Å². The number of amides is 2. The second-order valence-corrected chi connectivity index (χ2v) is 11.3. The van der Waals surface area contributed by atoms with E-state index in [4.69, 9.17) is 9.47 Å². The molecular formula is C30H37N5O6. The van der Waals surface area contributed by atoms with E-state index in [1.165, 1.54) is 0 Å². The van der Waals surface area contributed by atoms with Crippen molar-refractivity contribution in [2.45, 2.75) is 69.4 Å². The van der Waals surface area contributed by atoms with Crippen molar-refractivity contribution < 1.29 is 29.0 Å². The number of carbonyl (C=O) groups excluding carboxylic acids is 3. The van der Waals surface area contributed by atoms with Gasteiger partial charge in [-0.1, -0.05) is 61.4 Å². The first-order valence-corrected chi connectivity index (χ1v) is 14.7. The van der Waals surface area contributed by atoms with Crippen molar-refractivity contribution in [3.8, 4) is 0 Å². The van der Waals surface area contributed by atoms with Crippen LogP contribution in [0.3, 0.4) is 0 Å². The Labute approximate surface area is 238 Å². The number of hydrogen-bond acceptors (Lipinski definition) is 8. The van der Waals surface area contributed by atoms with Gasteiger partial charge in [0.15, 0.2) is 0 Å². The predicted molar refractivity (Wildman–Crippen MR) is 148 cm³/mol. The summed E-state index contributed by atoms with van der Waals surface area (Å²) in [5.74, 6) is -2.70. The van der Waals surface area contributed by atoms with Gasteiger partial charge >= 0.3 is 5.97 Å². The lowest BCUT2D eigenvalue weighted by Crippen LogP contribution is -2.56. The number of benzene rings is 1. The number of carbonyl (C=O) groups is 3. The van der Waals surface area contributed by atoms with Gasteiger partial charge in [0.05, 0.1) is 18.0 Å². The smallest absolute Gasteiger partial charge is 0.313 e. The van der Waals surface area contributed by atoms with Crippen molar-refractivity contribution in [2.24, 2.45) is 11.8 Å². The molecule has 5 heterocycles. The summed E-state index contributed by atoms with van der Waals surface area (Å²) >= 11 is 0. The largest absolute Gasteiger partial charge is 0.465 e. The number of hydrogen-bond donors (Lipinski definition) is 1. The van der Waals surface area contributed by atoms with E-state index < -0.39 is 35.0 Å². The third-order valence-electron chi connectivity index (χ3n) is 9.02. The zero-order valence-corrected chi connectivity index (χ0v) is 23.4. The normalized spacial score (nSPS) is 31.1. The van der Waals surface area contributed by atoms with E-state index >= 15 is 0 Å². The van der Waals surface area contributed by atoms with Crippen LogP contribution in [0.1, 0.15) is 45.4 Å². The highest BCUT2D eigenvalue weighted by molar-refractivity contribution is 5.99. The molecule has 4 aliphatic heterocycles. The van der Waals surface area contributed by atoms with Gasteiger partial charge in [-0.15, -0.1) is 5.10 Å². The first-order valence-electron chi connectivity index (χ1n) is 14.7. The number of esters is 1. The van der Waals surface area contributed by atoms with Crippen LogP contribution >= 0.6 is 0 Å². The quantitative estimate of drug-likeness (QED) is 0.280. The topological polar surface area (TPSA) is 127 Å². The average Bonchev–Trinajstić information content (AvgIpc) is 3.54. The number of unbranched alkanes of at least 4 members (excludes halogenated alkanes) is 3. The fourth-order valence-corrected chi connectivity index (χ4v) is 7.07. The molecule has 0 radical (unpaired) electrons. The molecule has 1 spiro atoms. The molecule has 11 heteroatoms. The van der Waals surface area contributed by atoms with E-state index in [1.54, 1.807) is 14.5 Å². The number of aromatic nitrogens is 3. The van der Waals surface area contributed by atoms with Gasteiger partial charge in [-0.3, -0.25) is 14.4 Å². The molecule has 1 unspecified atom stereocenters. The van der Waals surface area contributed by atoms with Crippen LogP contribution in [-0.4, -0.2) is 91.2 Å². The number of nitrogens with zero attached hydrogens (tertiary/aromatic N) is 5. The maximum absolute atomic E-state index is 14.5. The zero-order valence-electron chi connectivity index (χ0n) is 23.4. The van der Waals surface area contributed by atoms with Crippen LogP contribution < -0.4 is 0 Å². The summed E-state index contributed by atoms with van der Waals surface area (Å²) in [6, 6.07) is 6.62. The van der Waals surface area contributed by atoms with E-state index in [0.717, 1.165) is 23.9 Å². The van der Waals surface area contributed by atoms with E-state index in [0.29, 0.717) is 38.8 Å². The summed E-state index contributed by atoms with van der Waals surface area (Å²) in [5, 5.41) is 17.7. The summed E-state index contributed by atoms with van der Waals surface area (Å²) in [4.78, 5) is 45.6. The Morgan fingerprint density at radius 1 is 1.02 bits per heavy atom. The zero-order chi connectivity index (χ0) is 28.6. The lowest BCUT2D eigenvalue weighted by atomic mass is 9.73. The van der Waals surface area contributed by atoms with Crippen LogP contribution in [0.2, 0.25) is 0 Å². The Balaban J connectivity index is 1.39. The molecule has 2 aromatic rings. The molecule has 4 aliphatic rings. The van der Waals surface area contributed by atoms with E-state index in [1.807, 2.05) is 55.5 Å². The Morgan fingerprint density at radius 3 is 2.68 bits per heavy atom. The Bertz CT molecular complexity index is 1390. The highest BCUT2D eigenvalue weighted by atomic mass is 16.6. The summed E-state index contributed by atoms with van der Waals surface area (Å²) < 4.78 is 14.2. The molecule has 2 amide bonds. The number of rotatable bonds is 9. The number of aliphatic hydroxyl groups excluding tert-OH is 1. The standard InChI is InChI=1S/C30H37N5O6/c1-2-29-14-7-10-19-40-28(39)24(29)23-26(37)34(17-8-3-4-9-18-36)25-27(38)33(16-11-15-30(23,25)41-29)20-35-22-13-6-5-12-21(22)31-32-35/h5-7,11-15,23-25,36H,2-4,8-10,16-20H2,1H3/t23-,24+,25?,29-,30-/m0/s1. The van der Waals surface area contributed by atoms with Crippen LogP contribution in [0.25, 0.3) is 11.0 Å². The minimum atomic E-state index is -1.31. The first-order chi connectivity index (χ1) is 20.0. The van der Waals surface area contributed by atoms with Crippen molar-refractivity contribution >= 4 is 28.8 Å². The molecule has 41 heavy (non-hydrogen) atoms. The Kier molecular flexibility index (Phi) is 7.41. The third-order valence-corrected chi connectivity index (χ3v) is 9.02. The molecule has 1 N–H and O–H groups in total. The fourth-order valence-electron chi connectivity index (χ4n) is 7.07. The van der Waals surface area contributed by atoms with Gasteiger partial charge in [-0.05, 0) is 37.8 Å². The molecule has 1 aromatic carbocycles. The molecule has 0 saturated carbocycles. The third kappa shape index (κ3) is 4.46. The van der Waals surface area contributed by atoms with E-state index in [2.05, 4.69) is 10.3 Å². The number of cyclic esters (lactones) is 1. The molecule has 11 nitrogen and oxygen atoms in total. The SMILES string of the molecule is CC[C@]12C=CCCOC(=O)[C@H]1[C@H]1C(=O)N(CCCCCCO)C3C(=O)N(Cn4nnc5ccccc54)CC=C[C@@]31O2. The van der Waals surface area contributed by atoms with Gasteiger partial charge < -0.3 is 24.4 Å². The Morgan fingerprint density at radius 2 is 1.85 bits per heavy atom. The van der Waals surface area contributed by atoms with E-state index in [9.17, 15) is 19.5 Å². The maximum atomic E-state index is 14.5. The summed E-state index contributed by atoms with van der Waals surface area (Å²) in [7, 11) is 0. The molecule has 5 atom stereocenters. The second-order valence-electron chi connectivity index (χ2n) is 11.3. The molecule has 0 aliphatic carbocycles. The predicted octanol–water partition coefficient (Wildman–Crippen LogP) is 2.20. The average molecular weight is 564 g/mol. The van der Waals surface area contributed by atoms with Gasteiger partial charge in [0, 0.05) is 19.7 Å². The monoisotopic (exact) mass is 563 g/mol. The van der Waals surface area contributed by atoms with Crippen molar-refractivity contribution in [2.75, 3.05) is 26.3 Å². The van der Waals surface area contributed by atoms with Crippen molar-refractivity contribution in [3.05, 3.63) is 48.6 Å². The minimum Gasteiger partial charge on any atom is -0.465 e. The lowest BCUT2D eigenvalue weighted by molar-refractivity contribution is -0.162. The van der Waals surface area contributed by atoms with Crippen LogP contribution in [0.4, 0.5) is 0 Å². The van der Waals surface area contributed by atoms with Crippen molar-refractivity contribution in [3.63, 3.8) is 0 Å². The van der Waals surface area contributed by atoms with Crippen LogP contribution in [-0.2, 0) is 30.5 Å². The van der Waals surface area contributed by atoms with Gasteiger partial charge in [-0.25, -0.2) is 4.68 Å². The Hall–Kier alpha value is -3.57. The molecule has 6 rings (SSSR count). The number of likely N-dealkylation sites (tertiary alicyclic amines) is 1. The fraction of sp³-hybridized carbons (Fsp3) is 0.567. The molecule has 1 aromatic heterocycles.